The van der Waals surface area contributed by atoms with Crippen LogP contribution < -0.4 is 4.90 Å². The van der Waals surface area contributed by atoms with Gasteiger partial charge in [0.05, 0.1) is 16.8 Å². The zero-order valence-electron chi connectivity index (χ0n) is 36.6. The number of rotatable bonds is 8. The van der Waals surface area contributed by atoms with Gasteiger partial charge in [-0.1, -0.05) is 226 Å². The van der Waals surface area contributed by atoms with Gasteiger partial charge in [0.25, 0.3) is 0 Å². The van der Waals surface area contributed by atoms with Crippen LogP contribution in [0.25, 0.3) is 65.7 Å². The van der Waals surface area contributed by atoms with Gasteiger partial charge in [-0.15, -0.1) is 0 Å². The van der Waals surface area contributed by atoms with Crippen molar-refractivity contribution in [2.75, 3.05) is 4.90 Å². The number of anilines is 3. The number of fused-ring (bicyclic) bond motifs is 7. The third-order valence-corrected chi connectivity index (χ3v) is 13.9. The average molecular weight is 830 g/mol. The molecule has 1 aliphatic carbocycles. The zero-order chi connectivity index (χ0) is 43.5. The van der Waals surface area contributed by atoms with E-state index < -0.39 is 5.41 Å². The second-order valence-corrected chi connectivity index (χ2v) is 17.8. The van der Waals surface area contributed by atoms with Crippen LogP contribution in [-0.2, 0) is 5.41 Å². The summed E-state index contributed by atoms with van der Waals surface area (Å²) in [5.41, 5.74) is 16.6. The first-order chi connectivity index (χ1) is 32.1. The molecule has 0 atom stereocenters. The number of nitrogens with zero attached hydrogens (tertiary/aromatic N) is 1. The van der Waals surface area contributed by atoms with Crippen molar-refractivity contribution < 1.29 is 0 Å². The zero-order valence-corrected chi connectivity index (χ0v) is 36.6. The fourth-order valence-electron chi connectivity index (χ4n) is 11.0. The molecule has 0 N–H and O–H groups in total. The Morgan fingerprint density at radius 1 is 0.354 bits per heavy atom. The van der Waals surface area contributed by atoms with Gasteiger partial charge in [-0.3, -0.25) is 0 Å². The van der Waals surface area contributed by atoms with Gasteiger partial charge in [-0.2, -0.15) is 0 Å². The molecular formula is C64H47N. The third-order valence-electron chi connectivity index (χ3n) is 13.9. The standard InChI is InChI=1S/C64H47N/c1-43(2)51-30-16-17-32-54(51)58-39-45-23-12-13-24-46(45)40-62(58)65(61-41-47-25-14-15-31-52(47)55-33-18-19-34-56(55)61)50-37-38-57-60(42-50)64(48-26-8-4-9-27-48,49-28-10-5-11-29-49)59-36-20-35-53(63(57)59)44-21-6-3-7-22-44/h3-43H,1-2H3. The van der Waals surface area contributed by atoms with E-state index in [0.29, 0.717) is 5.92 Å². The highest BCUT2D eigenvalue weighted by Crippen LogP contribution is 2.60. The molecule has 0 radical (unpaired) electrons. The predicted octanol–water partition coefficient (Wildman–Crippen LogP) is 17.4. The summed E-state index contributed by atoms with van der Waals surface area (Å²) in [7, 11) is 0. The molecule has 1 heteroatoms. The van der Waals surface area contributed by atoms with Gasteiger partial charge in [0.1, 0.15) is 0 Å². The van der Waals surface area contributed by atoms with Gasteiger partial charge in [0.15, 0.2) is 0 Å². The van der Waals surface area contributed by atoms with E-state index in [4.69, 9.17) is 0 Å². The largest absolute Gasteiger partial charge is 0.309 e. The lowest BCUT2D eigenvalue weighted by molar-refractivity contribution is 0.768. The number of hydrogen-bond acceptors (Lipinski definition) is 1. The Hall–Kier alpha value is -8.00. The number of benzene rings is 11. The lowest BCUT2D eigenvalue weighted by Gasteiger charge is -2.35. The molecule has 1 nitrogen and oxygen atoms in total. The molecule has 308 valence electrons. The third kappa shape index (κ3) is 6.15. The van der Waals surface area contributed by atoms with E-state index in [2.05, 4.69) is 261 Å². The van der Waals surface area contributed by atoms with Crippen molar-refractivity contribution in [2.45, 2.75) is 25.2 Å². The summed E-state index contributed by atoms with van der Waals surface area (Å²) in [6.45, 7) is 4.62. The van der Waals surface area contributed by atoms with Crippen molar-refractivity contribution in [3.05, 3.63) is 270 Å². The fraction of sp³-hybridized carbons (Fsp3) is 0.0625. The molecular weight excluding hydrogens is 783 g/mol. The molecule has 0 bridgehead atoms. The highest BCUT2D eigenvalue weighted by Gasteiger charge is 2.47. The van der Waals surface area contributed by atoms with Crippen LogP contribution in [0.3, 0.4) is 0 Å². The van der Waals surface area contributed by atoms with Crippen LogP contribution in [0.4, 0.5) is 17.1 Å². The Bertz CT molecular complexity index is 3530. The van der Waals surface area contributed by atoms with E-state index in [-0.39, 0.29) is 0 Å². The molecule has 0 unspecified atom stereocenters. The van der Waals surface area contributed by atoms with E-state index >= 15 is 0 Å². The topological polar surface area (TPSA) is 3.24 Å². The maximum absolute atomic E-state index is 2.58. The minimum Gasteiger partial charge on any atom is -0.309 e. The molecule has 12 rings (SSSR count). The highest BCUT2D eigenvalue weighted by atomic mass is 15.1. The summed E-state index contributed by atoms with van der Waals surface area (Å²) >= 11 is 0. The predicted molar refractivity (Wildman–Crippen MR) is 276 cm³/mol. The molecule has 0 fully saturated rings. The monoisotopic (exact) mass is 829 g/mol. The van der Waals surface area contributed by atoms with Gasteiger partial charge < -0.3 is 4.90 Å². The van der Waals surface area contributed by atoms with Crippen molar-refractivity contribution in [1.82, 2.24) is 0 Å². The average Bonchev–Trinajstić information content (AvgIpc) is 3.67. The minimum absolute atomic E-state index is 0.329. The molecule has 0 saturated carbocycles. The maximum Gasteiger partial charge on any atom is 0.0714 e. The van der Waals surface area contributed by atoms with Crippen LogP contribution >= 0.6 is 0 Å². The van der Waals surface area contributed by atoms with E-state index in [9.17, 15) is 0 Å². The number of hydrogen-bond donors (Lipinski definition) is 0. The molecule has 0 aliphatic heterocycles. The van der Waals surface area contributed by atoms with Gasteiger partial charge in [0.2, 0.25) is 0 Å². The molecule has 0 heterocycles. The van der Waals surface area contributed by atoms with Gasteiger partial charge in [-0.25, -0.2) is 0 Å². The second kappa shape index (κ2) is 15.7. The minimum atomic E-state index is -0.610. The summed E-state index contributed by atoms with van der Waals surface area (Å²) in [5, 5.41) is 7.32. The SMILES string of the molecule is CC(C)c1ccccc1-c1cc2ccccc2cc1N(c1ccc2c(c1)C(c1ccccc1)(c1ccccc1)c1cccc(-c3ccccc3)c1-2)c1cc2ccccc2c2ccccc12. The molecule has 11 aromatic rings. The van der Waals surface area contributed by atoms with Gasteiger partial charge in [0, 0.05) is 16.6 Å². The Kier molecular flexibility index (Phi) is 9.31. The summed E-state index contributed by atoms with van der Waals surface area (Å²) in [6, 6.07) is 90.5. The molecule has 11 aromatic carbocycles. The lowest BCUT2D eigenvalue weighted by atomic mass is 9.67. The highest BCUT2D eigenvalue weighted by molar-refractivity contribution is 6.15. The Morgan fingerprint density at radius 2 is 0.908 bits per heavy atom. The first-order valence-electron chi connectivity index (χ1n) is 22.9. The first kappa shape index (κ1) is 38.7. The Balaban J connectivity index is 1.24. The van der Waals surface area contributed by atoms with Gasteiger partial charge >= 0.3 is 0 Å². The summed E-state index contributed by atoms with van der Waals surface area (Å²) in [4.78, 5) is 2.58. The van der Waals surface area contributed by atoms with Crippen LogP contribution in [0.2, 0.25) is 0 Å². The van der Waals surface area contributed by atoms with Crippen LogP contribution in [-0.4, -0.2) is 0 Å². The van der Waals surface area contributed by atoms with E-state index in [0.717, 1.165) is 17.1 Å². The quantitative estimate of drug-likeness (QED) is 0.138. The second-order valence-electron chi connectivity index (χ2n) is 17.8. The smallest absolute Gasteiger partial charge is 0.0714 e. The van der Waals surface area contributed by atoms with Crippen molar-refractivity contribution in [1.29, 1.82) is 0 Å². The molecule has 0 aromatic heterocycles. The molecule has 1 aliphatic rings. The first-order valence-corrected chi connectivity index (χ1v) is 22.9. The van der Waals surface area contributed by atoms with E-state index in [1.807, 2.05) is 0 Å². The molecule has 65 heavy (non-hydrogen) atoms. The Morgan fingerprint density at radius 3 is 1.62 bits per heavy atom. The lowest BCUT2D eigenvalue weighted by Crippen LogP contribution is -2.28. The molecule has 0 amide bonds. The molecule has 0 saturated heterocycles. The van der Waals surface area contributed by atoms with Crippen LogP contribution in [0.1, 0.15) is 47.6 Å². The summed E-state index contributed by atoms with van der Waals surface area (Å²) in [5.74, 6) is 0.329. The Labute approximate surface area is 381 Å². The van der Waals surface area contributed by atoms with Crippen LogP contribution in [0.15, 0.2) is 243 Å². The van der Waals surface area contributed by atoms with Crippen molar-refractivity contribution in [3.63, 3.8) is 0 Å². The van der Waals surface area contributed by atoms with E-state index in [1.54, 1.807) is 0 Å². The van der Waals surface area contributed by atoms with Crippen LogP contribution in [0, 0.1) is 0 Å². The normalized spacial score (nSPS) is 12.7. The molecule has 0 spiro atoms. The van der Waals surface area contributed by atoms with E-state index in [1.165, 1.54) is 93.5 Å². The summed E-state index contributed by atoms with van der Waals surface area (Å²) in [6.07, 6.45) is 0. The maximum atomic E-state index is 2.58. The van der Waals surface area contributed by atoms with Crippen molar-refractivity contribution in [3.8, 4) is 33.4 Å². The summed E-state index contributed by atoms with van der Waals surface area (Å²) < 4.78 is 0. The van der Waals surface area contributed by atoms with Gasteiger partial charge in [-0.05, 0) is 119 Å². The van der Waals surface area contributed by atoms with Crippen molar-refractivity contribution in [2.24, 2.45) is 0 Å². The van der Waals surface area contributed by atoms with Crippen LogP contribution in [0.5, 0.6) is 0 Å². The fourth-order valence-corrected chi connectivity index (χ4v) is 11.0. The van der Waals surface area contributed by atoms with Crippen molar-refractivity contribution >= 4 is 49.4 Å².